The summed E-state index contributed by atoms with van der Waals surface area (Å²) < 4.78 is 5.59. The van der Waals surface area contributed by atoms with Crippen LogP contribution in [0, 0.1) is 0 Å². The van der Waals surface area contributed by atoms with Crippen molar-refractivity contribution >= 4 is 0 Å². The second kappa shape index (κ2) is 2.72. The van der Waals surface area contributed by atoms with Gasteiger partial charge >= 0.3 is 0 Å². The Morgan fingerprint density at radius 1 is 1.27 bits per heavy atom. The van der Waals surface area contributed by atoms with Gasteiger partial charge in [-0.05, 0) is 31.2 Å². The molecular formula is C7H11N3O. The highest BCUT2D eigenvalue weighted by Gasteiger charge is 2.34. The molecule has 0 N–H and O–H groups in total. The molecule has 2 aliphatic rings. The summed E-state index contributed by atoms with van der Waals surface area (Å²) in [5, 5.41) is 3.72. The Morgan fingerprint density at radius 2 is 1.91 bits per heavy atom. The van der Waals surface area contributed by atoms with Crippen LogP contribution in [0.4, 0.5) is 0 Å². The van der Waals surface area contributed by atoms with Gasteiger partial charge in [0.05, 0.1) is 12.2 Å². The van der Waals surface area contributed by atoms with Crippen molar-refractivity contribution in [2.75, 3.05) is 0 Å². The van der Waals surface area contributed by atoms with E-state index in [-0.39, 0.29) is 6.04 Å². The van der Waals surface area contributed by atoms with E-state index >= 15 is 0 Å². The molecule has 2 fully saturated rings. The molecule has 2 bridgehead atoms. The number of hydrogen-bond acceptors (Lipinski definition) is 2. The first-order valence-electron chi connectivity index (χ1n) is 4.08. The van der Waals surface area contributed by atoms with Crippen molar-refractivity contribution in [3.05, 3.63) is 10.4 Å². The summed E-state index contributed by atoms with van der Waals surface area (Å²) >= 11 is 0. The molecule has 60 valence electrons. The minimum absolute atomic E-state index is 0.200. The second-order valence-corrected chi connectivity index (χ2v) is 3.29. The van der Waals surface area contributed by atoms with Gasteiger partial charge in [0.1, 0.15) is 0 Å². The van der Waals surface area contributed by atoms with Crippen LogP contribution in [0.25, 0.3) is 10.4 Å². The first kappa shape index (κ1) is 6.95. The van der Waals surface area contributed by atoms with Crippen molar-refractivity contribution in [2.45, 2.75) is 43.9 Å². The van der Waals surface area contributed by atoms with Gasteiger partial charge in [-0.2, -0.15) is 0 Å². The third-order valence-corrected chi connectivity index (χ3v) is 2.48. The molecule has 0 unspecified atom stereocenters. The van der Waals surface area contributed by atoms with Crippen molar-refractivity contribution in [1.82, 2.24) is 0 Å². The van der Waals surface area contributed by atoms with Crippen LogP contribution in [0.15, 0.2) is 5.11 Å². The zero-order chi connectivity index (χ0) is 7.68. The molecule has 3 atom stereocenters. The maximum Gasteiger partial charge on any atom is 0.0583 e. The number of azide groups is 1. The fourth-order valence-electron chi connectivity index (χ4n) is 2.00. The average Bonchev–Trinajstić information content (AvgIpc) is 2.32. The van der Waals surface area contributed by atoms with E-state index in [1.54, 1.807) is 0 Å². The molecule has 0 aromatic rings. The van der Waals surface area contributed by atoms with Crippen LogP contribution in [0.3, 0.4) is 0 Å². The van der Waals surface area contributed by atoms with Crippen molar-refractivity contribution in [2.24, 2.45) is 5.11 Å². The fraction of sp³-hybridized carbons (Fsp3) is 1.00. The number of hydrogen-bond donors (Lipinski definition) is 0. The molecule has 0 amide bonds. The first-order valence-corrected chi connectivity index (χ1v) is 4.08. The summed E-state index contributed by atoms with van der Waals surface area (Å²) in [4.78, 5) is 2.83. The largest absolute Gasteiger partial charge is 0.375 e. The molecule has 2 saturated heterocycles. The topological polar surface area (TPSA) is 58.0 Å². The molecule has 2 aliphatic heterocycles. The maximum atomic E-state index is 8.23. The zero-order valence-electron chi connectivity index (χ0n) is 6.31. The molecular weight excluding hydrogens is 142 g/mol. The van der Waals surface area contributed by atoms with E-state index < -0.39 is 0 Å². The van der Waals surface area contributed by atoms with Gasteiger partial charge < -0.3 is 4.74 Å². The smallest absolute Gasteiger partial charge is 0.0583 e. The molecule has 0 aromatic carbocycles. The Kier molecular flexibility index (Phi) is 1.72. The molecule has 11 heavy (non-hydrogen) atoms. The number of ether oxygens (including phenoxy) is 1. The lowest BCUT2D eigenvalue weighted by Crippen LogP contribution is -2.26. The van der Waals surface area contributed by atoms with Crippen LogP contribution in [0.2, 0.25) is 0 Å². The average molecular weight is 153 g/mol. The fourth-order valence-corrected chi connectivity index (χ4v) is 2.00. The van der Waals surface area contributed by atoms with Gasteiger partial charge in [0, 0.05) is 11.0 Å². The third kappa shape index (κ3) is 1.32. The normalized spacial score (nSPS) is 41.6. The van der Waals surface area contributed by atoms with E-state index in [1.165, 1.54) is 0 Å². The highest BCUT2D eigenvalue weighted by atomic mass is 16.5. The molecule has 4 nitrogen and oxygen atoms in total. The van der Waals surface area contributed by atoms with Crippen molar-refractivity contribution < 1.29 is 4.74 Å². The van der Waals surface area contributed by atoms with E-state index in [0.29, 0.717) is 12.2 Å². The van der Waals surface area contributed by atoms with E-state index in [1.807, 2.05) is 0 Å². The summed E-state index contributed by atoms with van der Waals surface area (Å²) in [7, 11) is 0. The Balaban J connectivity index is 2.02. The predicted octanol–water partition coefficient (Wildman–Crippen LogP) is 2.01. The van der Waals surface area contributed by atoms with E-state index in [4.69, 9.17) is 10.3 Å². The zero-order valence-corrected chi connectivity index (χ0v) is 6.31. The summed E-state index contributed by atoms with van der Waals surface area (Å²) in [6.07, 6.45) is 4.93. The number of rotatable bonds is 1. The lowest BCUT2D eigenvalue weighted by Gasteiger charge is -2.24. The van der Waals surface area contributed by atoms with Crippen molar-refractivity contribution in [3.8, 4) is 0 Å². The van der Waals surface area contributed by atoms with Gasteiger partial charge in [0.25, 0.3) is 0 Å². The van der Waals surface area contributed by atoms with Gasteiger partial charge in [-0.15, -0.1) is 0 Å². The Morgan fingerprint density at radius 3 is 2.45 bits per heavy atom. The Labute approximate surface area is 65.2 Å². The van der Waals surface area contributed by atoms with Gasteiger partial charge in [-0.1, -0.05) is 5.11 Å². The van der Waals surface area contributed by atoms with E-state index in [0.717, 1.165) is 25.7 Å². The minimum atomic E-state index is 0.200. The van der Waals surface area contributed by atoms with Crippen LogP contribution < -0.4 is 0 Å². The molecule has 0 aliphatic carbocycles. The minimum Gasteiger partial charge on any atom is -0.375 e. The summed E-state index contributed by atoms with van der Waals surface area (Å²) in [5.74, 6) is 0. The lowest BCUT2D eigenvalue weighted by molar-refractivity contribution is -0.00228. The van der Waals surface area contributed by atoms with Crippen molar-refractivity contribution in [3.63, 3.8) is 0 Å². The SMILES string of the molecule is [N-]=[N+]=N[C@H]1C[C@H]2CC[C@@H](C1)O2. The monoisotopic (exact) mass is 153 g/mol. The van der Waals surface area contributed by atoms with Gasteiger partial charge in [-0.3, -0.25) is 0 Å². The van der Waals surface area contributed by atoms with E-state index in [2.05, 4.69) is 10.0 Å². The highest BCUT2D eigenvalue weighted by Crippen LogP contribution is 2.33. The van der Waals surface area contributed by atoms with Crippen LogP contribution in [-0.2, 0) is 4.74 Å². The first-order chi connectivity index (χ1) is 5.38. The maximum absolute atomic E-state index is 8.23. The van der Waals surface area contributed by atoms with Crippen LogP contribution >= 0.6 is 0 Å². The lowest BCUT2D eigenvalue weighted by atomic mass is 10.1. The molecule has 0 spiro atoms. The second-order valence-electron chi connectivity index (χ2n) is 3.29. The van der Waals surface area contributed by atoms with E-state index in [9.17, 15) is 0 Å². The molecule has 2 heterocycles. The number of nitrogens with zero attached hydrogens (tertiary/aromatic N) is 3. The number of fused-ring (bicyclic) bond motifs is 2. The molecule has 0 aromatic heterocycles. The highest BCUT2D eigenvalue weighted by molar-refractivity contribution is 4.87. The predicted molar refractivity (Wildman–Crippen MR) is 40.1 cm³/mol. The quantitative estimate of drug-likeness (QED) is 0.323. The molecule has 2 rings (SSSR count). The summed E-state index contributed by atoms with van der Waals surface area (Å²) in [6.45, 7) is 0. The Hall–Kier alpha value is -0.730. The van der Waals surface area contributed by atoms with Crippen LogP contribution in [0.5, 0.6) is 0 Å². The standard InChI is InChI=1S/C7H11N3O/c8-10-9-5-3-6-1-2-7(4-5)11-6/h5-7H,1-4H2/t5-,6+,7-. The van der Waals surface area contributed by atoms with Crippen LogP contribution in [0.1, 0.15) is 25.7 Å². The van der Waals surface area contributed by atoms with Gasteiger partial charge in [0.15, 0.2) is 0 Å². The van der Waals surface area contributed by atoms with Crippen LogP contribution in [-0.4, -0.2) is 18.2 Å². The summed E-state index contributed by atoms with van der Waals surface area (Å²) in [6, 6.07) is 0.200. The molecule has 4 heteroatoms. The third-order valence-electron chi connectivity index (χ3n) is 2.48. The van der Waals surface area contributed by atoms with Gasteiger partial charge in [-0.25, -0.2) is 0 Å². The molecule has 0 saturated carbocycles. The van der Waals surface area contributed by atoms with Gasteiger partial charge in [0.2, 0.25) is 0 Å². The molecule has 0 radical (unpaired) electrons. The Bertz CT molecular complexity index is 188. The summed E-state index contributed by atoms with van der Waals surface area (Å²) in [5.41, 5.74) is 8.23. The van der Waals surface area contributed by atoms with Crippen molar-refractivity contribution in [1.29, 1.82) is 0 Å².